The Morgan fingerprint density at radius 2 is 2.05 bits per heavy atom. The summed E-state index contributed by atoms with van der Waals surface area (Å²) in [4.78, 5) is 12.7. The van der Waals surface area contributed by atoms with E-state index in [4.69, 9.17) is 15.6 Å². The van der Waals surface area contributed by atoms with Crippen LogP contribution in [0.15, 0.2) is 24.3 Å². The van der Waals surface area contributed by atoms with E-state index in [0.29, 0.717) is 18.7 Å². The van der Waals surface area contributed by atoms with Gasteiger partial charge in [0.25, 0.3) is 0 Å². The molecule has 0 aliphatic carbocycles. The van der Waals surface area contributed by atoms with Crippen molar-refractivity contribution in [3.8, 4) is 0 Å². The number of aliphatic carboxylic acids is 1. The van der Waals surface area contributed by atoms with Crippen LogP contribution in [0, 0.1) is 0 Å². The number of nitrogen functional groups attached to an aromatic ring is 1. The Labute approximate surface area is 114 Å². The van der Waals surface area contributed by atoms with Gasteiger partial charge < -0.3 is 20.5 Å². The summed E-state index contributed by atoms with van der Waals surface area (Å²) in [5, 5.41) is 9.01. The van der Waals surface area contributed by atoms with Crippen LogP contribution in [-0.4, -0.2) is 36.9 Å². The number of carboxylic acids is 1. The molecule has 5 nitrogen and oxygen atoms in total. The second-order valence-corrected chi connectivity index (χ2v) is 5.09. The van der Waals surface area contributed by atoms with Crippen molar-refractivity contribution < 1.29 is 14.6 Å². The van der Waals surface area contributed by atoms with E-state index in [2.05, 4.69) is 0 Å². The van der Waals surface area contributed by atoms with E-state index in [0.717, 1.165) is 5.69 Å². The number of rotatable bonds is 7. The predicted octanol–water partition coefficient (Wildman–Crippen LogP) is 1.97. The summed E-state index contributed by atoms with van der Waals surface area (Å²) in [5.41, 5.74) is 6.94. The molecular formula is C14H22N2O3. The van der Waals surface area contributed by atoms with Gasteiger partial charge in [0.15, 0.2) is 0 Å². The normalized spacial score (nSPS) is 11.3. The second kappa shape index (κ2) is 6.43. The molecule has 3 N–H and O–H groups in total. The van der Waals surface area contributed by atoms with Gasteiger partial charge in [0.1, 0.15) is 6.54 Å². The lowest BCUT2D eigenvalue weighted by Gasteiger charge is -2.29. The number of hydrogen-bond acceptors (Lipinski definition) is 4. The van der Waals surface area contributed by atoms with Gasteiger partial charge in [-0.3, -0.25) is 4.79 Å². The van der Waals surface area contributed by atoms with Gasteiger partial charge in [0.2, 0.25) is 0 Å². The fraction of sp³-hybridized carbons (Fsp3) is 0.500. The number of anilines is 2. The zero-order chi connectivity index (χ0) is 14.5. The minimum absolute atomic E-state index is 0.0754. The zero-order valence-electron chi connectivity index (χ0n) is 11.7. The number of nitrogens with two attached hydrogens (primary N) is 1. The fourth-order valence-electron chi connectivity index (χ4n) is 1.73. The van der Waals surface area contributed by atoms with Crippen LogP contribution in [-0.2, 0) is 9.53 Å². The summed E-state index contributed by atoms with van der Waals surface area (Å²) in [6.07, 6.45) is 0.713. The van der Waals surface area contributed by atoms with E-state index < -0.39 is 5.97 Å². The highest BCUT2D eigenvalue weighted by molar-refractivity contribution is 5.77. The quantitative estimate of drug-likeness (QED) is 0.738. The van der Waals surface area contributed by atoms with Crippen molar-refractivity contribution in [3.05, 3.63) is 24.3 Å². The van der Waals surface area contributed by atoms with Crippen molar-refractivity contribution in [1.29, 1.82) is 0 Å². The minimum Gasteiger partial charge on any atom is -0.480 e. The third-order valence-corrected chi connectivity index (χ3v) is 3.14. The highest BCUT2D eigenvalue weighted by Crippen LogP contribution is 2.24. The molecule has 0 radical (unpaired) electrons. The van der Waals surface area contributed by atoms with Crippen LogP contribution in [0.1, 0.15) is 20.3 Å². The number of carbonyl (C=O) groups is 1. The third-order valence-electron chi connectivity index (χ3n) is 3.14. The maximum atomic E-state index is 11.0. The Kier molecular flexibility index (Phi) is 5.18. The molecule has 1 aromatic carbocycles. The van der Waals surface area contributed by atoms with Gasteiger partial charge in [-0.25, -0.2) is 0 Å². The van der Waals surface area contributed by atoms with E-state index in [1.165, 1.54) is 0 Å². The largest absolute Gasteiger partial charge is 0.480 e. The molecule has 0 aromatic heterocycles. The standard InChI is InChI=1S/C14H22N2O3/c1-14(2,19-3)8-9-16(10-13(17)18)12-7-5-4-6-11(12)15/h4-7H,8-10,15H2,1-3H3,(H,17,18). The molecule has 5 heteroatoms. The SMILES string of the molecule is COC(C)(C)CCN(CC(=O)O)c1ccccc1N. The van der Waals surface area contributed by atoms with Crippen LogP contribution < -0.4 is 10.6 Å². The first-order valence-corrected chi connectivity index (χ1v) is 6.22. The molecule has 0 saturated carbocycles. The first-order chi connectivity index (χ1) is 8.85. The highest BCUT2D eigenvalue weighted by atomic mass is 16.5. The Bertz CT molecular complexity index is 432. The van der Waals surface area contributed by atoms with Gasteiger partial charge in [-0.15, -0.1) is 0 Å². The van der Waals surface area contributed by atoms with Crippen molar-refractivity contribution in [2.24, 2.45) is 0 Å². The van der Waals surface area contributed by atoms with Gasteiger partial charge in [-0.2, -0.15) is 0 Å². The predicted molar refractivity (Wildman–Crippen MR) is 76.4 cm³/mol. The number of carboxylic acid groups (broad SMARTS) is 1. The molecule has 0 fully saturated rings. The average molecular weight is 266 g/mol. The van der Waals surface area contributed by atoms with E-state index >= 15 is 0 Å². The summed E-state index contributed by atoms with van der Waals surface area (Å²) in [6, 6.07) is 7.28. The van der Waals surface area contributed by atoms with Crippen LogP contribution in [0.25, 0.3) is 0 Å². The minimum atomic E-state index is -0.876. The molecular weight excluding hydrogens is 244 g/mol. The summed E-state index contributed by atoms with van der Waals surface area (Å²) in [5.74, 6) is -0.876. The summed E-state index contributed by atoms with van der Waals surface area (Å²) >= 11 is 0. The van der Waals surface area contributed by atoms with Crippen molar-refractivity contribution >= 4 is 17.3 Å². The monoisotopic (exact) mass is 266 g/mol. The van der Waals surface area contributed by atoms with E-state index in [1.54, 1.807) is 18.1 Å². The number of hydrogen-bond donors (Lipinski definition) is 2. The smallest absolute Gasteiger partial charge is 0.323 e. The number of methoxy groups -OCH3 is 1. The maximum Gasteiger partial charge on any atom is 0.323 e. The number of benzene rings is 1. The second-order valence-electron chi connectivity index (χ2n) is 5.09. The molecule has 0 aliphatic heterocycles. The number of para-hydroxylation sites is 2. The van der Waals surface area contributed by atoms with E-state index in [1.807, 2.05) is 32.0 Å². The van der Waals surface area contributed by atoms with E-state index in [-0.39, 0.29) is 12.1 Å². The van der Waals surface area contributed by atoms with Crippen molar-refractivity contribution in [2.45, 2.75) is 25.9 Å². The summed E-state index contributed by atoms with van der Waals surface area (Å²) in [6.45, 7) is 4.44. The number of nitrogens with zero attached hydrogens (tertiary/aromatic N) is 1. The van der Waals surface area contributed by atoms with Crippen LogP contribution in [0.2, 0.25) is 0 Å². The van der Waals surface area contributed by atoms with Crippen LogP contribution >= 0.6 is 0 Å². The Morgan fingerprint density at radius 3 is 2.58 bits per heavy atom. The molecule has 106 valence electrons. The molecule has 0 saturated heterocycles. The molecule has 0 spiro atoms. The topological polar surface area (TPSA) is 75.8 Å². The number of ether oxygens (including phenoxy) is 1. The van der Waals surface area contributed by atoms with E-state index in [9.17, 15) is 4.79 Å². The highest BCUT2D eigenvalue weighted by Gasteiger charge is 2.20. The molecule has 0 bridgehead atoms. The van der Waals surface area contributed by atoms with Crippen LogP contribution in [0.4, 0.5) is 11.4 Å². The Hall–Kier alpha value is -1.75. The van der Waals surface area contributed by atoms with Crippen molar-refractivity contribution in [3.63, 3.8) is 0 Å². The van der Waals surface area contributed by atoms with Gasteiger partial charge >= 0.3 is 5.97 Å². The molecule has 1 aromatic rings. The van der Waals surface area contributed by atoms with Gasteiger partial charge in [0, 0.05) is 13.7 Å². The first-order valence-electron chi connectivity index (χ1n) is 6.22. The van der Waals surface area contributed by atoms with Gasteiger partial charge in [-0.05, 0) is 32.4 Å². The van der Waals surface area contributed by atoms with Crippen molar-refractivity contribution in [1.82, 2.24) is 0 Å². The Morgan fingerprint density at radius 1 is 1.42 bits per heavy atom. The summed E-state index contributed by atoms with van der Waals surface area (Å²) < 4.78 is 5.35. The third kappa shape index (κ3) is 4.79. The zero-order valence-corrected chi connectivity index (χ0v) is 11.7. The van der Waals surface area contributed by atoms with Crippen LogP contribution in [0.3, 0.4) is 0 Å². The lowest BCUT2D eigenvalue weighted by Crippen LogP contribution is -2.36. The fourth-order valence-corrected chi connectivity index (χ4v) is 1.73. The molecule has 0 heterocycles. The average Bonchev–Trinajstić information content (AvgIpc) is 2.35. The molecule has 19 heavy (non-hydrogen) atoms. The van der Waals surface area contributed by atoms with Crippen LogP contribution in [0.5, 0.6) is 0 Å². The first kappa shape index (κ1) is 15.3. The molecule has 0 unspecified atom stereocenters. The lowest BCUT2D eigenvalue weighted by atomic mass is 10.0. The van der Waals surface area contributed by atoms with Gasteiger partial charge in [0.05, 0.1) is 17.0 Å². The molecule has 0 amide bonds. The summed E-state index contributed by atoms with van der Waals surface area (Å²) in [7, 11) is 1.65. The lowest BCUT2D eigenvalue weighted by molar-refractivity contribution is -0.135. The molecule has 0 atom stereocenters. The maximum absolute atomic E-state index is 11.0. The van der Waals surface area contributed by atoms with Gasteiger partial charge in [-0.1, -0.05) is 12.1 Å². The Balaban J connectivity index is 2.84. The molecule has 1 rings (SSSR count). The molecule has 0 aliphatic rings. The van der Waals surface area contributed by atoms with Crippen molar-refractivity contribution in [2.75, 3.05) is 30.8 Å².